The average Bonchev–Trinajstić information content (AvgIpc) is 3.21. The molecule has 2 aromatic carbocycles. The zero-order chi connectivity index (χ0) is 20.1. The molecule has 29 heavy (non-hydrogen) atoms. The number of aromatic nitrogens is 1. The van der Waals surface area contributed by atoms with Gasteiger partial charge in [-0.05, 0) is 42.5 Å². The summed E-state index contributed by atoms with van der Waals surface area (Å²) in [6, 6.07) is 17.5. The zero-order valence-electron chi connectivity index (χ0n) is 16.3. The Morgan fingerprint density at radius 3 is 2.55 bits per heavy atom. The van der Waals surface area contributed by atoms with Crippen LogP contribution in [0.1, 0.15) is 24.3 Å². The second-order valence-corrected chi connectivity index (χ2v) is 7.32. The third-order valence-electron chi connectivity index (χ3n) is 5.46. The van der Waals surface area contributed by atoms with Crippen molar-refractivity contribution >= 4 is 22.7 Å². The molecule has 2 heterocycles. The van der Waals surface area contributed by atoms with Crippen LogP contribution in [0.2, 0.25) is 0 Å². The highest BCUT2D eigenvalue weighted by Crippen LogP contribution is 2.33. The molecule has 0 saturated carbocycles. The van der Waals surface area contributed by atoms with E-state index in [0.717, 1.165) is 18.4 Å². The standard InChI is InChI=1S/C23H25N3O3/c27-22(16-29-18-6-2-1-3-7-18)25-15-23(28)26-12-10-17(11-13-26)20-14-24-21-9-5-4-8-19(20)21/h1-9,14,17,24H,10-13,15-16H2,(H,25,27). The second kappa shape index (κ2) is 8.82. The van der Waals surface area contributed by atoms with Gasteiger partial charge in [-0.1, -0.05) is 36.4 Å². The predicted octanol–water partition coefficient (Wildman–Crippen LogP) is 3.07. The average molecular weight is 391 g/mol. The molecule has 6 nitrogen and oxygen atoms in total. The number of aromatic amines is 1. The molecule has 6 heteroatoms. The van der Waals surface area contributed by atoms with Gasteiger partial charge in [-0.3, -0.25) is 9.59 Å². The summed E-state index contributed by atoms with van der Waals surface area (Å²) in [6.07, 6.45) is 3.96. The van der Waals surface area contributed by atoms with Crippen LogP contribution >= 0.6 is 0 Å². The first kappa shape index (κ1) is 19.1. The number of H-pyrrole nitrogens is 1. The Bertz CT molecular complexity index is 975. The van der Waals surface area contributed by atoms with Gasteiger partial charge in [-0.2, -0.15) is 0 Å². The number of ether oxygens (including phenoxy) is 1. The molecular weight excluding hydrogens is 366 g/mol. The molecule has 2 amide bonds. The number of piperidine rings is 1. The van der Waals surface area contributed by atoms with Gasteiger partial charge in [-0.25, -0.2) is 0 Å². The van der Waals surface area contributed by atoms with Gasteiger partial charge in [0.05, 0.1) is 6.54 Å². The number of rotatable bonds is 6. The number of likely N-dealkylation sites (tertiary alicyclic amines) is 1. The third kappa shape index (κ3) is 4.59. The summed E-state index contributed by atoms with van der Waals surface area (Å²) in [6.45, 7) is 1.33. The molecule has 0 radical (unpaired) electrons. The molecule has 1 fully saturated rings. The number of carbonyl (C=O) groups excluding carboxylic acids is 2. The molecule has 0 unspecified atom stereocenters. The Labute approximate surface area is 169 Å². The van der Waals surface area contributed by atoms with Crippen LogP contribution in [0.4, 0.5) is 0 Å². The van der Waals surface area contributed by atoms with Crippen LogP contribution in [0.3, 0.4) is 0 Å². The third-order valence-corrected chi connectivity index (χ3v) is 5.46. The number of hydrogen-bond donors (Lipinski definition) is 2. The number of nitrogens with zero attached hydrogens (tertiary/aromatic N) is 1. The lowest BCUT2D eigenvalue weighted by atomic mass is 9.89. The van der Waals surface area contributed by atoms with Gasteiger partial charge >= 0.3 is 0 Å². The zero-order valence-corrected chi connectivity index (χ0v) is 16.3. The van der Waals surface area contributed by atoms with Gasteiger partial charge in [0.25, 0.3) is 5.91 Å². The summed E-state index contributed by atoms with van der Waals surface area (Å²) < 4.78 is 5.40. The van der Waals surface area contributed by atoms with E-state index in [4.69, 9.17) is 4.74 Å². The van der Waals surface area contributed by atoms with E-state index in [1.807, 2.05) is 29.2 Å². The molecule has 1 aliphatic rings. The molecule has 3 aromatic rings. The van der Waals surface area contributed by atoms with Crippen molar-refractivity contribution in [2.45, 2.75) is 18.8 Å². The summed E-state index contributed by atoms with van der Waals surface area (Å²) in [5.41, 5.74) is 2.49. The van der Waals surface area contributed by atoms with Crippen molar-refractivity contribution in [2.75, 3.05) is 26.2 Å². The van der Waals surface area contributed by atoms with Crippen LogP contribution in [0.15, 0.2) is 60.8 Å². The molecule has 1 saturated heterocycles. The van der Waals surface area contributed by atoms with Crippen molar-refractivity contribution in [1.82, 2.24) is 15.2 Å². The summed E-state index contributed by atoms with van der Waals surface area (Å²) >= 11 is 0. The topological polar surface area (TPSA) is 74.4 Å². The second-order valence-electron chi connectivity index (χ2n) is 7.32. The quantitative estimate of drug-likeness (QED) is 0.678. The highest BCUT2D eigenvalue weighted by Gasteiger charge is 2.25. The van der Waals surface area contributed by atoms with Crippen molar-refractivity contribution in [3.8, 4) is 5.75 Å². The maximum atomic E-state index is 12.4. The Hall–Kier alpha value is -3.28. The van der Waals surface area contributed by atoms with Gasteiger partial charge < -0.3 is 19.9 Å². The van der Waals surface area contributed by atoms with Crippen LogP contribution in [0.5, 0.6) is 5.75 Å². The number of hydrogen-bond acceptors (Lipinski definition) is 3. The molecular formula is C23H25N3O3. The van der Waals surface area contributed by atoms with E-state index in [1.165, 1.54) is 10.9 Å². The normalized spacial score (nSPS) is 14.7. The molecule has 1 aliphatic heterocycles. The smallest absolute Gasteiger partial charge is 0.258 e. The predicted molar refractivity (Wildman–Crippen MR) is 112 cm³/mol. The summed E-state index contributed by atoms with van der Waals surface area (Å²) in [4.78, 5) is 29.5. The van der Waals surface area contributed by atoms with Gasteiger partial charge in [-0.15, -0.1) is 0 Å². The van der Waals surface area contributed by atoms with Crippen LogP contribution in [-0.4, -0.2) is 47.9 Å². The first-order chi connectivity index (χ1) is 14.2. The Balaban J connectivity index is 1.22. The lowest BCUT2D eigenvalue weighted by molar-refractivity contribution is -0.134. The minimum absolute atomic E-state index is 0.00867. The van der Waals surface area contributed by atoms with E-state index >= 15 is 0 Å². The van der Waals surface area contributed by atoms with Gasteiger partial charge in [0.1, 0.15) is 5.75 Å². The van der Waals surface area contributed by atoms with E-state index in [1.54, 1.807) is 12.1 Å². The number of amides is 2. The molecule has 0 spiro atoms. The fourth-order valence-electron chi connectivity index (χ4n) is 3.87. The van der Waals surface area contributed by atoms with Gasteiger partial charge in [0, 0.05) is 30.2 Å². The van der Waals surface area contributed by atoms with E-state index in [2.05, 4.69) is 34.7 Å². The fourth-order valence-corrected chi connectivity index (χ4v) is 3.87. The number of fused-ring (bicyclic) bond motifs is 1. The molecule has 0 aliphatic carbocycles. The van der Waals surface area contributed by atoms with Crippen LogP contribution in [0, 0.1) is 0 Å². The minimum Gasteiger partial charge on any atom is -0.484 e. The first-order valence-electron chi connectivity index (χ1n) is 9.99. The van der Waals surface area contributed by atoms with E-state index < -0.39 is 0 Å². The maximum Gasteiger partial charge on any atom is 0.258 e. The number of para-hydroxylation sites is 2. The lowest BCUT2D eigenvalue weighted by Gasteiger charge is -2.32. The minimum atomic E-state index is -0.295. The Kier molecular flexibility index (Phi) is 5.79. The molecule has 150 valence electrons. The number of carbonyl (C=O) groups is 2. The fraction of sp³-hybridized carbons (Fsp3) is 0.304. The molecule has 0 bridgehead atoms. The van der Waals surface area contributed by atoms with Gasteiger partial charge in [0.2, 0.25) is 5.91 Å². The van der Waals surface area contributed by atoms with Crippen LogP contribution < -0.4 is 10.1 Å². The Morgan fingerprint density at radius 1 is 1.03 bits per heavy atom. The summed E-state index contributed by atoms with van der Waals surface area (Å²) in [7, 11) is 0. The molecule has 4 rings (SSSR count). The van der Waals surface area contributed by atoms with Gasteiger partial charge in [0.15, 0.2) is 6.61 Å². The highest BCUT2D eigenvalue weighted by molar-refractivity contribution is 5.86. The first-order valence-corrected chi connectivity index (χ1v) is 9.99. The van der Waals surface area contributed by atoms with Crippen LogP contribution in [0.25, 0.3) is 10.9 Å². The monoisotopic (exact) mass is 391 g/mol. The highest BCUT2D eigenvalue weighted by atomic mass is 16.5. The number of nitrogens with one attached hydrogen (secondary N) is 2. The van der Waals surface area contributed by atoms with Crippen molar-refractivity contribution in [2.24, 2.45) is 0 Å². The van der Waals surface area contributed by atoms with Crippen molar-refractivity contribution in [3.05, 3.63) is 66.4 Å². The SMILES string of the molecule is O=C(COc1ccccc1)NCC(=O)N1CCC(c2c[nH]c3ccccc23)CC1. The molecule has 1 aromatic heterocycles. The Morgan fingerprint density at radius 2 is 1.76 bits per heavy atom. The molecule has 2 N–H and O–H groups in total. The summed E-state index contributed by atoms with van der Waals surface area (Å²) in [5, 5.41) is 3.92. The largest absolute Gasteiger partial charge is 0.484 e. The van der Waals surface area contributed by atoms with E-state index in [9.17, 15) is 9.59 Å². The van der Waals surface area contributed by atoms with Crippen molar-refractivity contribution in [1.29, 1.82) is 0 Å². The van der Waals surface area contributed by atoms with E-state index in [0.29, 0.717) is 24.8 Å². The number of benzene rings is 2. The lowest BCUT2D eigenvalue weighted by Crippen LogP contribution is -2.44. The van der Waals surface area contributed by atoms with Crippen molar-refractivity contribution < 1.29 is 14.3 Å². The maximum absolute atomic E-state index is 12.4. The summed E-state index contributed by atoms with van der Waals surface area (Å²) in [5.74, 6) is 0.740. The van der Waals surface area contributed by atoms with E-state index in [-0.39, 0.29) is 25.0 Å². The van der Waals surface area contributed by atoms with Crippen LogP contribution in [-0.2, 0) is 9.59 Å². The molecule has 0 atom stereocenters. The van der Waals surface area contributed by atoms with Crippen molar-refractivity contribution in [3.63, 3.8) is 0 Å².